The van der Waals surface area contributed by atoms with Crippen molar-refractivity contribution in [2.45, 2.75) is 37.7 Å². The highest BCUT2D eigenvalue weighted by atomic mass is 32.2. The van der Waals surface area contributed by atoms with Gasteiger partial charge in [0.25, 0.3) is 0 Å². The Hall–Kier alpha value is -1.11. The fourth-order valence-corrected chi connectivity index (χ4v) is 4.02. The van der Waals surface area contributed by atoms with Crippen molar-refractivity contribution in [2.24, 2.45) is 5.92 Å². The molecule has 2 atom stereocenters. The molecular weight excluding hydrogens is 288 g/mol. The number of nitrogens with zero attached hydrogens (tertiary/aromatic N) is 1. The Labute approximate surface area is 127 Å². The van der Waals surface area contributed by atoms with Gasteiger partial charge >= 0.3 is 0 Å². The molecule has 1 aromatic rings. The van der Waals surface area contributed by atoms with Gasteiger partial charge in [0.15, 0.2) is 0 Å². The largest absolute Gasteiger partial charge is 0.393 e. The van der Waals surface area contributed by atoms with Crippen molar-refractivity contribution in [3.63, 3.8) is 0 Å². The molecule has 118 valence electrons. The maximum absolute atomic E-state index is 12.4. The normalized spacial score (nSPS) is 20.7. The van der Waals surface area contributed by atoms with Gasteiger partial charge in [0.2, 0.25) is 10.0 Å². The molecule has 0 spiro atoms. The van der Waals surface area contributed by atoms with Crippen LogP contribution in [0.4, 0.5) is 5.69 Å². The van der Waals surface area contributed by atoms with Gasteiger partial charge in [-0.1, -0.05) is 19.1 Å². The van der Waals surface area contributed by atoms with Gasteiger partial charge < -0.3 is 10.0 Å². The first-order chi connectivity index (χ1) is 9.95. The van der Waals surface area contributed by atoms with Crippen molar-refractivity contribution in [1.29, 1.82) is 0 Å². The summed E-state index contributed by atoms with van der Waals surface area (Å²) in [4.78, 5) is 2.38. The molecule has 2 unspecified atom stereocenters. The second-order valence-electron chi connectivity index (χ2n) is 5.60. The van der Waals surface area contributed by atoms with Crippen LogP contribution in [-0.4, -0.2) is 39.3 Å². The number of para-hydroxylation sites is 1. The summed E-state index contributed by atoms with van der Waals surface area (Å²) in [6.45, 7) is 5.63. The Kier molecular flexibility index (Phi) is 5.24. The number of rotatable bonds is 6. The molecule has 0 aromatic heterocycles. The second kappa shape index (κ2) is 6.77. The van der Waals surface area contributed by atoms with Crippen LogP contribution in [-0.2, 0) is 10.0 Å². The Balaban J connectivity index is 2.26. The smallest absolute Gasteiger partial charge is 0.242 e. The molecule has 2 N–H and O–H groups in total. The Morgan fingerprint density at radius 1 is 1.43 bits per heavy atom. The third kappa shape index (κ3) is 3.75. The van der Waals surface area contributed by atoms with Crippen LogP contribution in [0, 0.1) is 5.92 Å². The van der Waals surface area contributed by atoms with E-state index in [1.54, 1.807) is 19.1 Å². The summed E-state index contributed by atoms with van der Waals surface area (Å²) in [5.41, 5.74) is 0.726. The molecule has 1 saturated heterocycles. The van der Waals surface area contributed by atoms with Gasteiger partial charge in [0, 0.05) is 25.6 Å². The highest BCUT2D eigenvalue weighted by Gasteiger charge is 2.29. The molecule has 0 bridgehead atoms. The SMILES string of the molecule is CCCNS(=O)(=O)c1ccccc1N1CCC(C(C)O)C1. The van der Waals surface area contributed by atoms with Crippen molar-refractivity contribution < 1.29 is 13.5 Å². The average Bonchev–Trinajstić information content (AvgIpc) is 2.95. The maximum atomic E-state index is 12.4. The molecule has 21 heavy (non-hydrogen) atoms. The zero-order chi connectivity index (χ0) is 15.5. The van der Waals surface area contributed by atoms with Crippen LogP contribution in [0.3, 0.4) is 0 Å². The lowest BCUT2D eigenvalue weighted by Crippen LogP contribution is -2.29. The maximum Gasteiger partial charge on any atom is 0.242 e. The van der Waals surface area contributed by atoms with E-state index < -0.39 is 10.0 Å². The molecule has 1 heterocycles. The number of aliphatic hydroxyl groups excluding tert-OH is 1. The van der Waals surface area contributed by atoms with Gasteiger partial charge in [-0.05, 0) is 31.9 Å². The predicted molar refractivity (Wildman–Crippen MR) is 83.9 cm³/mol. The van der Waals surface area contributed by atoms with Gasteiger partial charge in [0.05, 0.1) is 11.8 Å². The molecule has 0 saturated carbocycles. The highest BCUT2D eigenvalue weighted by Crippen LogP contribution is 2.30. The van der Waals surface area contributed by atoms with Crippen molar-refractivity contribution in [3.8, 4) is 0 Å². The van der Waals surface area contributed by atoms with E-state index in [-0.39, 0.29) is 12.0 Å². The van der Waals surface area contributed by atoms with E-state index in [4.69, 9.17) is 0 Å². The zero-order valence-corrected chi connectivity index (χ0v) is 13.4. The Bertz CT molecular complexity index is 572. The number of nitrogens with one attached hydrogen (secondary N) is 1. The Morgan fingerprint density at radius 2 is 2.14 bits per heavy atom. The van der Waals surface area contributed by atoms with Gasteiger partial charge in [-0.15, -0.1) is 0 Å². The molecule has 1 aliphatic rings. The van der Waals surface area contributed by atoms with E-state index >= 15 is 0 Å². The van der Waals surface area contributed by atoms with Crippen molar-refractivity contribution >= 4 is 15.7 Å². The van der Waals surface area contributed by atoms with Gasteiger partial charge in [-0.2, -0.15) is 0 Å². The zero-order valence-electron chi connectivity index (χ0n) is 12.6. The first-order valence-corrected chi connectivity index (χ1v) is 8.95. The Morgan fingerprint density at radius 3 is 2.76 bits per heavy atom. The topological polar surface area (TPSA) is 69.6 Å². The summed E-state index contributed by atoms with van der Waals surface area (Å²) in [7, 11) is -3.48. The fourth-order valence-electron chi connectivity index (χ4n) is 2.66. The van der Waals surface area contributed by atoms with E-state index in [1.807, 2.05) is 19.1 Å². The molecule has 5 nitrogen and oxygen atoms in total. The molecule has 1 aromatic carbocycles. The van der Waals surface area contributed by atoms with Gasteiger partial charge in [-0.3, -0.25) is 0 Å². The van der Waals surface area contributed by atoms with E-state index in [0.29, 0.717) is 18.0 Å². The summed E-state index contributed by atoms with van der Waals surface area (Å²) in [6.07, 6.45) is 1.28. The summed E-state index contributed by atoms with van der Waals surface area (Å²) in [5.74, 6) is 0.198. The lowest BCUT2D eigenvalue weighted by Gasteiger charge is -2.22. The monoisotopic (exact) mass is 312 g/mol. The number of hydrogen-bond donors (Lipinski definition) is 2. The first-order valence-electron chi connectivity index (χ1n) is 7.47. The van der Waals surface area contributed by atoms with Crippen molar-refractivity contribution in [3.05, 3.63) is 24.3 Å². The van der Waals surface area contributed by atoms with Crippen LogP contribution in [0.15, 0.2) is 29.2 Å². The van der Waals surface area contributed by atoms with Crippen LogP contribution in [0.2, 0.25) is 0 Å². The number of hydrogen-bond acceptors (Lipinski definition) is 4. The molecule has 2 rings (SSSR count). The number of aliphatic hydroxyl groups is 1. The summed E-state index contributed by atoms with van der Waals surface area (Å²) in [5, 5.41) is 9.70. The lowest BCUT2D eigenvalue weighted by molar-refractivity contribution is 0.136. The molecule has 6 heteroatoms. The first kappa shape index (κ1) is 16.3. The predicted octanol–water partition coefficient (Wildman–Crippen LogP) is 1.58. The summed E-state index contributed by atoms with van der Waals surface area (Å²) >= 11 is 0. The molecule has 0 aliphatic carbocycles. The van der Waals surface area contributed by atoms with Crippen LogP contribution in [0.25, 0.3) is 0 Å². The number of benzene rings is 1. The minimum atomic E-state index is -3.48. The van der Waals surface area contributed by atoms with Crippen LogP contribution < -0.4 is 9.62 Å². The lowest BCUT2D eigenvalue weighted by atomic mass is 10.0. The molecule has 0 radical (unpaired) electrons. The van der Waals surface area contributed by atoms with E-state index in [0.717, 1.165) is 25.1 Å². The van der Waals surface area contributed by atoms with Crippen molar-refractivity contribution in [1.82, 2.24) is 4.72 Å². The third-order valence-electron chi connectivity index (χ3n) is 3.94. The second-order valence-corrected chi connectivity index (χ2v) is 7.34. The molecule has 1 aliphatic heterocycles. The summed E-state index contributed by atoms with van der Waals surface area (Å²) in [6, 6.07) is 7.07. The number of anilines is 1. The fraction of sp³-hybridized carbons (Fsp3) is 0.600. The third-order valence-corrected chi connectivity index (χ3v) is 5.45. The minimum absolute atomic E-state index is 0.198. The van der Waals surface area contributed by atoms with Crippen molar-refractivity contribution in [2.75, 3.05) is 24.5 Å². The number of sulfonamides is 1. The quantitative estimate of drug-likeness (QED) is 0.837. The molecule has 0 amide bonds. The summed E-state index contributed by atoms with van der Waals surface area (Å²) < 4.78 is 27.4. The molecule has 1 fully saturated rings. The standard InChI is InChI=1S/C15H24N2O3S/c1-3-9-16-21(19,20)15-7-5-4-6-14(15)17-10-8-13(11-17)12(2)18/h4-7,12-13,16,18H,3,8-11H2,1-2H3. The minimum Gasteiger partial charge on any atom is -0.393 e. The van der Waals surface area contributed by atoms with E-state index in [1.165, 1.54) is 0 Å². The molecular formula is C15H24N2O3S. The average molecular weight is 312 g/mol. The van der Waals surface area contributed by atoms with Gasteiger partial charge in [-0.25, -0.2) is 13.1 Å². The van der Waals surface area contributed by atoms with Crippen LogP contribution in [0.5, 0.6) is 0 Å². The van der Waals surface area contributed by atoms with E-state index in [9.17, 15) is 13.5 Å². The van der Waals surface area contributed by atoms with Crippen LogP contribution >= 0.6 is 0 Å². The van der Waals surface area contributed by atoms with Gasteiger partial charge in [0.1, 0.15) is 4.90 Å². The van der Waals surface area contributed by atoms with E-state index in [2.05, 4.69) is 9.62 Å². The highest BCUT2D eigenvalue weighted by molar-refractivity contribution is 7.89. The van der Waals surface area contributed by atoms with Crippen LogP contribution in [0.1, 0.15) is 26.7 Å².